The van der Waals surface area contributed by atoms with E-state index < -0.39 is 0 Å². The Morgan fingerprint density at radius 2 is 2.13 bits per heavy atom. The number of methoxy groups -OCH3 is 1. The molecule has 0 aliphatic heterocycles. The molecule has 0 spiro atoms. The van der Waals surface area contributed by atoms with Gasteiger partial charge in [-0.15, -0.1) is 0 Å². The lowest BCUT2D eigenvalue weighted by Crippen LogP contribution is -1.93. The van der Waals surface area contributed by atoms with Gasteiger partial charge in [0.2, 0.25) is 0 Å². The van der Waals surface area contributed by atoms with Crippen LogP contribution in [-0.2, 0) is 0 Å². The second kappa shape index (κ2) is 3.86. The van der Waals surface area contributed by atoms with Crippen molar-refractivity contribution in [3.63, 3.8) is 0 Å². The molecule has 0 aliphatic carbocycles. The Morgan fingerprint density at radius 3 is 2.73 bits per heavy atom. The molecule has 2 rings (SSSR count). The number of aromatic nitrogens is 2. The van der Waals surface area contributed by atoms with E-state index in [4.69, 9.17) is 10.5 Å². The molecule has 2 aromatic rings. The molecule has 0 unspecified atom stereocenters. The lowest BCUT2D eigenvalue weighted by Gasteiger charge is -2.07. The van der Waals surface area contributed by atoms with E-state index in [-0.39, 0.29) is 0 Å². The molecule has 1 heterocycles. The van der Waals surface area contributed by atoms with Crippen LogP contribution in [-0.4, -0.2) is 15.9 Å². The molecular formula is C10H11N3OS. The number of nitrogen functional groups attached to an aromatic ring is 1. The zero-order chi connectivity index (χ0) is 10.8. The van der Waals surface area contributed by atoms with Gasteiger partial charge < -0.3 is 10.5 Å². The van der Waals surface area contributed by atoms with Crippen molar-refractivity contribution in [2.24, 2.45) is 0 Å². The molecular weight excluding hydrogens is 210 g/mol. The zero-order valence-corrected chi connectivity index (χ0v) is 9.34. The molecule has 2 N–H and O–H groups in total. The Morgan fingerprint density at radius 1 is 1.33 bits per heavy atom. The van der Waals surface area contributed by atoms with Gasteiger partial charge in [0.25, 0.3) is 0 Å². The van der Waals surface area contributed by atoms with Gasteiger partial charge in [0, 0.05) is 5.56 Å². The van der Waals surface area contributed by atoms with Crippen LogP contribution in [0.25, 0.3) is 11.3 Å². The maximum Gasteiger partial charge on any atom is 0.165 e. The van der Waals surface area contributed by atoms with E-state index in [1.54, 1.807) is 7.11 Å². The van der Waals surface area contributed by atoms with Crippen LogP contribution in [0.15, 0.2) is 18.2 Å². The molecule has 1 aromatic carbocycles. The second-order valence-corrected chi connectivity index (χ2v) is 3.73. The van der Waals surface area contributed by atoms with E-state index >= 15 is 0 Å². The first-order valence-electron chi connectivity index (χ1n) is 4.45. The fourth-order valence-electron chi connectivity index (χ4n) is 1.39. The summed E-state index contributed by atoms with van der Waals surface area (Å²) in [5, 5.41) is 0. The number of nitrogens with zero attached hydrogens (tertiary/aromatic N) is 2. The number of nitrogens with two attached hydrogens (primary N) is 1. The summed E-state index contributed by atoms with van der Waals surface area (Å²) < 4.78 is 13.4. The molecule has 1 aromatic heterocycles. The standard InChI is InChI=1S/C10H11N3OS/c1-6-3-4-8(14-2)7(5-6)9-10(11)13-15-12-9/h3-5H,1-2H3,(H2,11,13). The highest BCUT2D eigenvalue weighted by Crippen LogP contribution is 2.32. The topological polar surface area (TPSA) is 61.0 Å². The van der Waals surface area contributed by atoms with Crippen LogP contribution in [0, 0.1) is 6.92 Å². The average molecular weight is 221 g/mol. The van der Waals surface area contributed by atoms with Crippen molar-refractivity contribution in [3.05, 3.63) is 23.8 Å². The van der Waals surface area contributed by atoms with Crippen molar-refractivity contribution >= 4 is 17.5 Å². The van der Waals surface area contributed by atoms with Gasteiger partial charge in [-0.2, -0.15) is 8.75 Å². The smallest absolute Gasteiger partial charge is 0.165 e. The number of ether oxygens (including phenoxy) is 1. The third-order valence-corrected chi connectivity index (χ3v) is 2.67. The van der Waals surface area contributed by atoms with E-state index in [0.717, 1.165) is 28.6 Å². The molecule has 0 bridgehead atoms. The summed E-state index contributed by atoms with van der Waals surface area (Å²) in [4.78, 5) is 0. The third-order valence-electron chi connectivity index (χ3n) is 2.12. The highest BCUT2D eigenvalue weighted by Gasteiger charge is 2.12. The van der Waals surface area contributed by atoms with Crippen molar-refractivity contribution in [3.8, 4) is 17.0 Å². The summed E-state index contributed by atoms with van der Waals surface area (Å²) in [6.07, 6.45) is 0. The van der Waals surface area contributed by atoms with Crippen LogP contribution in [0.5, 0.6) is 5.75 Å². The van der Waals surface area contributed by atoms with E-state index in [1.165, 1.54) is 0 Å². The Hall–Kier alpha value is -1.62. The minimum absolute atomic E-state index is 0.448. The molecule has 5 heteroatoms. The molecule has 15 heavy (non-hydrogen) atoms. The summed E-state index contributed by atoms with van der Waals surface area (Å²) in [7, 11) is 1.63. The first kappa shape index (κ1) is 9.92. The fraction of sp³-hybridized carbons (Fsp3) is 0.200. The number of anilines is 1. The first-order chi connectivity index (χ1) is 7.22. The van der Waals surface area contributed by atoms with Gasteiger partial charge in [0.1, 0.15) is 11.4 Å². The van der Waals surface area contributed by atoms with Crippen LogP contribution in [0.3, 0.4) is 0 Å². The molecule has 0 fully saturated rings. The quantitative estimate of drug-likeness (QED) is 0.843. The largest absolute Gasteiger partial charge is 0.496 e. The summed E-state index contributed by atoms with van der Waals surface area (Å²) in [5.74, 6) is 1.21. The predicted molar refractivity (Wildman–Crippen MR) is 61.0 cm³/mol. The average Bonchev–Trinajstić information content (AvgIpc) is 2.64. The highest BCUT2D eigenvalue weighted by atomic mass is 32.1. The van der Waals surface area contributed by atoms with Crippen molar-refractivity contribution in [1.82, 2.24) is 8.75 Å². The van der Waals surface area contributed by atoms with E-state index in [1.807, 2.05) is 25.1 Å². The SMILES string of the molecule is COc1ccc(C)cc1-c1nsnc1N. The summed E-state index contributed by atoms with van der Waals surface area (Å²) in [6, 6.07) is 5.88. The minimum Gasteiger partial charge on any atom is -0.496 e. The van der Waals surface area contributed by atoms with Crippen LogP contribution in [0.4, 0.5) is 5.82 Å². The molecule has 0 amide bonds. The first-order valence-corrected chi connectivity index (χ1v) is 5.18. The van der Waals surface area contributed by atoms with Crippen LogP contribution < -0.4 is 10.5 Å². The molecule has 0 saturated heterocycles. The summed E-state index contributed by atoms with van der Waals surface area (Å²) in [6.45, 7) is 2.01. The number of aryl methyl sites for hydroxylation is 1. The van der Waals surface area contributed by atoms with Gasteiger partial charge in [0.15, 0.2) is 5.82 Å². The van der Waals surface area contributed by atoms with Gasteiger partial charge >= 0.3 is 0 Å². The van der Waals surface area contributed by atoms with E-state index in [9.17, 15) is 0 Å². The summed E-state index contributed by atoms with van der Waals surface area (Å²) >= 11 is 1.11. The van der Waals surface area contributed by atoms with E-state index in [2.05, 4.69) is 8.75 Å². The zero-order valence-electron chi connectivity index (χ0n) is 8.52. The lowest BCUT2D eigenvalue weighted by atomic mass is 10.1. The Kier molecular flexibility index (Phi) is 2.55. The van der Waals surface area contributed by atoms with Gasteiger partial charge in [-0.25, -0.2) is 0 Å². The second-order valence-electron chi connectivity index (χ2n) is 3.20. The Labute approximate surface area is 92.0 Å². The third kappa shape index (κ3) is 1.78. The molecule has 0 aliphatic rings. The highest BCUT2D eigenvalue weighted by molar-refractivity contribution is 6.99. The number of rotatable bonds is 2. The number of hydrogen-bond donors (Lipinski definition) is 1. The monoisotopic (exact) mass is 221 g/mol. The lowest BCUT2D eigenvalue weighted by molar-refractivity contribution is 0.416. The van der Waals surface area contributed by atoms with Crippen LogP contribution in [0.1, 0.15) is 5.56 Å². The Balaban J connectivity index is 2.60. The van der Waals surface area contributed by atoms with Gasteiger partial charge in [0.05, 0.1) is 18.8 Å². The fourth-order valence-corrected chi connectivity index (χ4v) is 1.88. The number of hydrogen-bond acceptors (Lipinski definition) is 5. The maximum atomic E-state index is 5.73. The predicted octanol–water partition coefficient (Wildman–Crippen LogP) is 2.10. The minimum atomic E-state index is 0.448. The van der Waals surface area contributed by atoms with Crippen molar-refractivity contribution in [2.45, 2.75) is 6.92 Å². The molecule has 0 radical (unpaired) electrons. The van der Waals surface area contributed by atoms with Crippen molar-refractivity contribution in [1.29, 1.82) is 0 Å². The summed E-state index contributed by atoms with van der Waals surface area (Å²) in [5.41, 5.74) is 8.45. The van der Waals surface area contributed by atoms with Crippen LogP contribution in [0.2, 0.25) is 0 Å². The Bertz CT molecular complexity index is 481. The van der Waals surface area contributed by atoms with Crippen molar-refractivity contribution in [2.75, 3.05) is 12.8 Å². The van der Waals surface area contributed by atoms with Gasteiger partial charge in [-0.1, -0.05) is 11.6 Å². The number of benzene rings is 1. The van der Waals surface area contributed by atoms with E-state index in [0.29, 0.717) is 11.5 Å². The van der Waals surface area contributed by atoms with Crippen LogP contribution >= 0.6 is 11.7 Å². The molecule has 78 valence electrons. The normalized spacial score (nSPS) is 10.3. The van der Waals surface area contributed by atoms with Crippen molar-refractivity contribution < 1.29 is 4.74 Å². The molecule has 0 saturated carbocycles. The van der Waals surface area contributed by atoms with Gasteiger partial charge in [-0.05, 0) is 19.1 Å². The molecule has 0 atom stereocenters. The van der Waals surface area contributed by atoms with Gasteiger partial charge in [-0.3, -0.25) is 0 Å². The maximum absolute atomic E-state index is 5.73. The molecule has 4 nitrogen and oxygen atoms in total.